The van der Waals surface area contributed by atoms with E-state index in [2.05, 4.69) is 38.2 Å². The second-order valence-electron chi connectivity index (χ2n) is 6.61. The molecule has 1 unspecified atom stereocenters. The molecule has 0 aliphatic heterocycles. The average molecular weight is 420 g/mol. The van der Waals surface area contributed by atoms with E-state index in [-0.39, 0.29) is 0 Å². The topological polar surface area (TPSA) is 97.0 Å². The summed E-state index contributed by atoms with van der Waals surface area (Å²) < 4.78 is 6.75. The van der Waals surface area contributed by atoms with Gasteiger partial charge >= 0.3 is 0 Å². The molecule has 7 heteroatoms. The molecule has 6 nitrogen and oxygen atoms in total. The van der Waals surface area contributed by atoms with Crippen molar-refractivity contribution in [2.24, 2.45) is 11.8 Å². The third-order valence-electron chi connectivity index (χ3n) is 4.40. The number of nitrogen functional groups attached to an aromatic ring is 1. The van der Waals surface area contributed by atoms with Crippen molar-refractivity contribution in [2.45, 2.75) is 25.9 Å². The van der Waals surface area contributed by atoms with Crippen LogP contribution in [0, 0.1) is 5.92 Å². The predicted octanol–water partition coefficient (Wildman–Crippen LogP) is 3.14. The normalized spacial score (nSPS) is 14.8. The highest BCUT2D eigenvalue weighted by Gasteiger charge is 2.25. The molecule has 26 heavy (non-hydrogen) atoms. The van der Waals surface area contributed by atoms with Crippen LogP contribution in [0.5, 0.6) is 11.5 Å². The Bertz CT molecular complexity index is 808. The molecule has 1 fully saturated rings. The highest BCUT2D eigenvalue weighted by molar-refractivity contribution is 9.10. The van der Waals surface area contributed by atoms with Gasteiger partial charge in [-0.05, 0) is 59.5 Å². The van der Waals surface area contributed by atoms with Gasteiger partial charge in [-0.1, -0.05) is 6.58 Å². The number of quaternary nitrogens is 1. The fourth-order valence-corrected chi connectivity index (χ4v) is 3.22. The number of rotatable bonds is 8. The zero-order valence-corrected chi connectivity index (χ0v) is 16.3. The summed E-state index contributed by atoms with van der Waals surface area (Å²) in [5, 5.41) is 12.5. The predicted molar refractivity (Wildman–Crippen MR) is 105 cm³/mol. The monoisotopic (exact) mass is 419 g/mol. The number of aromatic nitrogens is 1. The summed E-state index contributed by atoms with van der Waals surface area (Å²) in [6.45, 7) is 6.59. The van der Waals surface area contributed by atoms with Gasteiger partial charge in [0.1, 0.15) is 23.2 Å². The van der Waals surface area contributed by atoms with Gasteiger partial charge in [-0.25, -0.2) is 0 Å². The van der Waals surface area contributed by atoms with Crippen LogP contribution in [-0.2, 0) is 0 Å². The Hall–Kier alpha value is -1.93. The molecule has 0 spiro atoms. The van der Waals surface area contributed by atoms with E-state index in [4.69, 9.17) is 10.6 Å². The highest BCUT2D eigenvalue weighted by Crippen LogP contribution is 2.40. The molecule has 3 rings (SSSR count). The number of anilines is 1. The number of pyridine rings is 1. The number of aliphatic hydroxyl groups is 1. The number of halogens is 1. The van der Waals surface area contributed by atoms with Gasteiger partial charge in [0.2, 0.25) is 0 Å². The third-order valence-corrected chi connectivity index (χ3v) is 5.18. The maximum Gasteiger partial charge on any atom is 0.155 e. The number of hydrogen-bond acceptors (Lipinski definition) is 5. The van der Waals surface area contributed by atoms with Crippen molar-refractivity contribution in [1.29, 1.82) is 0 Å². The number of hydrogen-bond donors (Lipinski definition) is 4. The highest BCUT2D eigenvalue weighted by atomic mass is 79.9. The molecule has 6 N–H and O–H groups in total. The standard InChI is InChI=1S/C19H23BrN4O2/c1-11(2)19(25)18-15(4-3-9-22-18)26-14-8-7-13(17(24-21)16(14)20)23-10-12-5-6-12/h3-4,7-9,12,19,23-25H,1,5-6,10,21H2,2H3/p+1. The minimum Gasteiger partial charge on any atom is -0.454 e. The van der Waals surface area contributed by atoms with E-state index in [1.165, 1.54) is 12.8 Å². The van der Waals surface area contributed by atoms with Crippen LogP contribution >= 0.6 is 15.9 Å². The zero-order chi connectivity index (χ0) is 18.7. The lowest BCUT2D eigenvalue weighted by Crippen LogP contribution is -2.78. The minimum absolute atomic E-state index is 0.429. The zero-order valence-electron chi connectivity index (χ0n) is 14.7. The fraction of sp³-hybridized carbons (Fsp3) is 0.316. The van der Waals surface area contributed by atoms with Gasteiger partial charge in [0.05, 0.1) is 11.0 Å². The van der Waals surface area contributed by atoms with Crippen LogP contribution in [0.1, 0.15) is 31.6 Å². The number of hydrazine groups is 1. The van der Waals surface area contributed by atoms with Crippen molar-refractivity contribution in [2.75, 3.05) is 12.0 Å². The van der Waals surface area contributed by atoms with Crippen LogP contribution in [0.4, 0.5) is 11.4 Å². The number of nitrogens with zero attached hydrogens (tertiary/aromatic N) is 1. The van der Waals surface area contributed by atoms with Crippen molar-refractivity contribution < 1.29 is 15.2 Å². The molecule has 0 radical (unpaired) electrons. The summed E-state index contributed by atoms with van der Waals surface area (Å²) in [4.78, 5) is 4.24. The molecular formula is C19H24BrN4O2+. The van der Waals surface area contributed by atoms with Gasteiger partial charge in [-0.15, -0.1) is 0 Å². The maximum atomic E-state index is 10.3. The first-order chi connectivity index (χ1) is 12.5. The molecule has 1 saturated carbocycles. The van der Waals surface area contributed by atoms with E-state index >= 15 is 0 Å². The number of ether oxygens (including phenoxy) is 1. The Morgan fingerprint density at radius 3 is 2.88 bits per heavy atom. The van der Waals surface area contributed by atoms with Crippen molar-refractivity contribution >= 4 is 27.3 Å². The first kappa shape index (κ1) is 18.8. The molecule has 2 aromatic rings. The summed E-state index contributed by atoms with van der Waals surface area (Å²) in [6.07, 6.45) is 3.34. The van der Waals surface area contributed by atoms with Gasteiger partial charge in [-0.2, -0.15) is 0 Å². The summed E-state index contributed by atoms with van der Waals surface area (Å²) in [6, 6.07) is 7.39. The van der Waals surface area contributed by atoms with Crippen molar-refractivity contribution in [1.82, 2.24) is 4.98 Å². The quantitative estimate of drug-likeness (QED) is 0.228. The molecule has 138 valence electrons. The van der Waals surface area contributed by atoms with Gasteiger partial charge in [0, 0.05) is 18.2 Å². The summed E-state index contributed by atoms with van der Waals surface area (Å²) in [7, 11) is 0. The first-order valence-corrected chi connectivity index (χ1v) is 9.39. The molecule has 1 aromatic heterocycles. The van der Waals surface area contributed by atoms with E-state index in [0.717, 1.165) is 28.3 Å². The molecule has 1 aliphatic carbocycles. The van der Waals surface area contributed by atoms with Gasteiger partial charge in [0.15, 0.2) is 11.4 Å². The van der Waals surface area contributed by atoms with E-state index < -0.39 is 6.10 Å². The summed E-state index contributed by atoms with van der Waals surface area (Å²) >= 11 is 3.58. The molecular weight excluding hydrogens is 396 g/mol. The molecule has 0 saturated heterocycles. The van der Waals surface area contributed by atoms with E-state index in [0.29, 0.717) is 22.8 Å². The van der Waals surface area contributed by atoms with Crippen LogP contribution in [0.2, 0.25) is 0 Å². The first-order valence-electron chi connectivity index (χ1n) is 8.59. The number of benzene rings is 1. The number of aliphatic hydroxyl groups excluding tert-OH is 1. The second-order valence-corrected chi connectivity index (χ2v) is 7.40. The van der Waals surface area contributed by atoms with Crippen LogP contribution in [0.25, 0.3) is 0 Å². The largest absolute Gasteiger partial charge is 0.454 e. The van der Waals surface area contributed by atoms with Crippen LogP contribution in [-0.4, -0.2) is 16.6 Å². The van der Waals surface area contributed by atoms with Gasteiger partial charge < -0.3 is 20.6 Å². The molecule has 1 aliphatic rings. The van der Waals surface area contributed by atoms with Crippen LogP contribution in [0.15, 0.2) is 47.1 Å². The number of nitrogens with two attached hydrogens (primary N) is 2. The Kier molecular flexibility index (Phi) is 5.93. The van der Waals surface area contributed by atoms with Crippen LogP contribution in [0.3, 0.4) is 0 Å². The molecule has 0 amide bonds. The van der Waals surface area contributed by atoms with Crippen molar-refractivity contribution in [3.63, 3.8) is 0 Å². The van der Waals surface area contributed by atoms with Gasteiger partial charge in [-0.3, -0.25) is 10.8 Å². The van der Waals surface area contributed by atoms with Gasteiger partial charge in [0.25, 0.3) is 0 Å². The van der Waals surface area contributed by atoms with Crippen molar-refractivity contribution in [3.8, 4) is 11.5 Å². The maximum absolute atomic E-state index is 10.3. The van der Waals surface area contributed by atoms with Crippen molar-refractivity contribution in [3.05, 3.63) is 52.8 Å². The number of nitrogens with one attached hydrogen (secondary N) is 1. The SMILES string of the molecule is C=C(C)C(O)c1ncccc1Oc1ccc([NH2+]CC2CC2)c(NN)c1Br. The van der Waals surface area contributed by atoms with E-state index in [1.54, 1.807) is 25.3 Å². The lowest BCUT2D eigenvalue weighted by atomic mass is 10.1. The Morgan fingerprint density at radius 1 is 1.46 bits per heavy atom. The fourth-order valence-electron chi connectivity index (χ4n) is 2.66. The Balaban J connectivity index is 1.87. The van der Waals surface area contributed by atoms with Crippen LogP contribution < -0.4 is 21.3 Å². The van der Waals surface area contributed by atoms with E-state index in [1.807, 2.05) is 12.1 Å². The Morgan fingerprint density at radius 2 is 2.23 bits per heavy atom. The molecule has 1 heterocycles. The summed E-state index contributed by atoms with van der Waals surface area (Å²) in [5.74, 6) is 7.60. The molecule has 1 atom stereocenters. The second kappa shape index (κ2) is 8.18. The lowest BCUT2D eigenvalue weighted by molar-refractivity contribution is -0.574. The smallest absolute Gasteiger partial charge is 0.155 e. The lowest BCUT2D eigenvalue weighted by Gasteiger charge is -2.17. The molecule has 0 bridgehead atoms. The minimum atomic E-state index is -0.886. The average Bonchev–Trinajstić information content (AvgIpc) is 3.46. The molecule has 1 aromatic carbocycles. The van der Waals surface area contributed by atoms with E-state index in [9.17, 15) is 5.11 Å². The Labute approximate surface area is 161 Å². The third kappa shape index (κ3) is 4.24. The summed E-state index contributed by atoms with van der Waals surface area (Å²) in [5.41, 5.74) is 5.59.